The number of hydrogen-bond donors (Lipinski definition) is 2. The Morgan fingerprint density at radius 2 is 2.14 bits per heavy atom. The van der Waals surface area contributed by atoms with Gasteiger partial charge in [-0.3, -0.25) is 4.79 Å². The van der Waals surface area contributed by atoms with Crippen LogP contribution in [0.4, 0.5) is 5.69 Å². The molecule has 1 aliphatic rings. The normalized spacial score (nSPS) is 17.8. The van der Waals surface area contributed by atoms with Crippen molar-refractivity contribution in [3.05, 3.63) is 29.8 Å². The standard InChI is InChI=1S/C14H21N3O3S/c1-2-21(19,20)16-8-5-9-17-12-7-4-3-6-11(12)10-13(17)14(15)18/h3-4,6-7,13,16H,2,5,8-10H2,1H3,(H2,15,18)/t13-/m0/s1. The van der Waals surface area contributed by atoms with Crippen molar-refractivity contribution in [3.63, 3.8) is 0 Å². The van der Waals surface area contributed by atoms with Crippen LogP contribution in [0.25, 0.3) is 0 Å². The average Bonchev–Trinajstić information content (AvgIpc) is 2.83. The largest absolute Gasteiger partial charge is 0.368 e. The van der Waals surface area contributed by atoms with Gasteiger partial charge in [0.1, 0.15) is 6.04 Å². The second-order valence-corrected chi connectivity index (χ2v) is 7.19. The summed E-state index contributed by atoms with van der Waals surface area (Å²) in [5.41, 5.74) is 7.59. The fourth-order valence-electron chi connectivity index (χ4n) is 2.56. The third kappa shape index (κ3) is 3.74. The zero-order chi connectivity index (χ0) is 15.5. The van der Waals surface area contributed by atoms with Crippen LogP contribution in [0.3, 0.4) is 0 Å². The molecule has 1 heterocycles. The lowest BCUT2D eigenvalue weighted by Gasteiger charge is -2.25. The number of primary amides is 1. The Hall–Kier alpha value is -1.60. The SMILES string of the molecule is CCS(=O)(=O)NCCCN1c2ccccc2C[C@H]1C(N)=O. The van der Waals surface area contributed by atoms with E-state index < -0.39 is 10.0 Å². The molecule has 3 N–H and O–H groups in total. The van der Waals surface area contributed by atoms with Gasteiger partial charge in [-0.05, 0) is 25.0 Å². The minimum Gasteiger partial charge on any atom is -0.368 e. The van der Waals surface area contributed by atoms with Crippen molar-refractivity contribution in [2.24, 2.45) is 5.73 Å². The maximum Gasteiger partial charge on any atom is 0.240 e. The van der Waals surface area contributed by atoms with E-state index in [1.165, 1.54) is 0 Å². The van der Waals surface area contributed by atoms with Crippen LogP contribution in [0.15, 0.2) is 24.3 Å². The van der Waals surface area contributed by atoms with Crippen LogP contribution in [-0.4, -0.2) is 39.2 Å². The van der Waals surface area contributed by atoms with Crippen molar-refractivity contribution in [3.8, 4) is 0 Å². The first-order valence-electron chi connectivity index (χ1n) is 7.06. The molecule has 2 rings (SSSR count). The van der Waals surface area contributed by atoms with Gasteiger partial charge in [-0.2, -0.15) is 0 Å². The number of anilines is 1. The molecule has 1 aromatic carbocycles. The third-order valence-corrected chi connectivity index (χ3v) is 5.10. The minimum atomic E-state index is -3.17. The molecule has 1 aliphatic heterocycles. The Morgan fingerprint density at radius 3 is 2.81 bits per heavy atom. The molecule has 0 saturated carbocycles. The number of para-hydroxylation sites is 1. The lowest BCUT2D eigenvalue weighted by molar-refractivity contribution is -0.119. The highest BCUT2D eigenvalue weighted by molar-refractivity contribution is 7.89. The van der Waals surface area contributed by atoms with Crippen molar-refractivity contribution >= 4 is 21.6 Å². The van der Waals surface area contributed by atoms with E-state index in [4.69, 9.17) is 5.73 Å². The first kappa shape index (κ1) is 15.8. The molecule has 7 heteroatoms. The van der Waals surface area contributed by atoms with Gasteiger partial charge in [0.15, 0.2) is 0 Å². The molecule has 0 saturated heterocycles. The van der Waals surface area contributed by atoms with E-state index in [-0.39, 0.29) is 17.7 Å². The molecule has 21 heavy (non-hydrogen) atoms. The van der Waals surface area contributed by atoms with Gasteiger partial charge in [0.05, 0.1) is 5.75 Å². The van der Waals surface area contributed by atoms with Crippen molar-refractivity contribution in [2.75, 3.05) is 23.7 Å². The summed E-state index contributed by atoms with van der Waals surface area (Å²) in [5.74, 6) is -0.274. The maximum atomic E-state index is 11.6. The molecule has 0 aliphatic carbocycles. The van der Waals surface area contributed by atoms with Gasteiger partial charge in [-0.1, -0.05) is 18.2 Å². The maximum absolute atomic E-state index is 11.6. The fraction of sp³-hybridized carbons (Fsp3) is 0.500. The van der Waals surface area contributed by atoms with E-state index in [1.54, 1.807) is 6.92 Å². The summed E-state index contributed by atoms with van der Waals surface area (Å²) in [4.78, 5) is 13.6. The molecule has 6 nitrogen and oxygen atoms in total. The summed E-state index contributed by atoms with van der Waals surface area (Å²) in [7, 11) is -3.17. The highest BCUT2D eigenvalue weighted by atomic mass is 32.2. The topological polar surface area (TPSA) is 92.5 Å². The van der Waals surface area contributed by atoms with Gasteiger partial charge in [0.2, 0.25) is 15.9 Å². The molecule has 0 bridgehead atoms. The predicted molar refractivity (Wildman–Crippen MR) is 82.6 cm³/mol. The highest BCUT2D eigenvalue weighted by Gasteiger charge is 2.32. The summed E-state index contributed by atoms with van der Waals surface area (Å²) in [6.07, 6.45) is 1.24. The molecule has 1 atom stereocenters. The lowest BCUT2D eigenvalue weighted by Crippen LogP contribution is -2.43. The number of sulfonamides is 1. The van der Waals surface area contributed by atoms with Crippen LogP contribution in [0.1, 0.15) is 18.9 Å². The second kappa shape index (κ2) is 6.44. The smallest absolute Gasteiger partial charge is 0.240 e. The number of benzene rings is 1. The molecule has 0 unspecified atom stereocenters. The van der Waals surface area contributed by atoms with E-state index >= 15 is 0 Å². The molecule has 116 valence electrons. The number of carbonyl (C=O) groups excluding carboxylic acids is 1. The van der Waals surface area contributed by atoms with Crippen LogP contribution in [0.5, 0.6) is 0 Å². The molecule has 0 fully saturated rings. The second-order valence-electron chi connectivity index (χ2n) is 5.10. The van der Waals surface area contributed by atoms with Crippen LogP contribution in [0, 0.1) is 0 Å². The Bertz CT molecular complexity index is 616. The number of nitrogens with zero attached hydrogens (tertiary/aromatic N) is 1. The summed E-state index contributed by atoms with van der Waals surface area (Å²) in [6.45, 7) is 2.55. The molecule has 1 aromatic rings. The monoisotopic (exact) mass is 311 g/mol. The number of nitrogens with two attached hydrogens (primary N) is 1. The van der Waals surface area contributed by atoms with E-state index in [9.17, 15) is 13.2 Å². The molecule has 0 aromatic heterocycles. The van der Waals surface area contributed by atoms with Gasteiger partial charge in [0, 0.05) is 25.2 Å². The first-order chi connectivity index (χ1) is 9.94. The number of rotatable bonds is 7. The first-order valence-corrected chi connectivity index (χ1v) is 8.71. The molecule has 0 spiro atoms. The number of fused-ring (bicyclic) bond motifs is 1. The van der Waals surface area contributed by atoms with Gasteiger partial charge in [0.25, 0.3) is 0 Å². The molecule has 0 radical (unpaired) electrons. The van der Waals surface area contributed by atoms with Crippen molar-refractivity contribution in [2.45, 2.75) is 25.8 Å². The van der Waals surface area contributed by atoms with E-state index in [1.807, 2.05) is 29.2 Å². The zero-order valence-corrected chi connectivity index (χ0v) is 12.9. The summed E-state index contributed by atoms with van der Waals surface area (Å²) < 4.78 is 25.3. The van der Waals surface area contributed by atoms with Gasteiger partial charge >= 0.3 is 0 Å². The Labute approximate surface area is 125 Å². The quantitative estimate of drug-likeness (QED) is 0.705. The number of nitrogens with one attached hydrogen (secondary N) is 1. The minimum absolute atomic E-state index is 0.0729. The summed E-state index contributed by atoms with van der Waals surface area (Å²) in [6, 6.07) is 7.48. The van der Waals surface area contributed by atoms with Crippen molar-refractivity contribution in [1.29, 1.82) is 0 Å². The number of hydrogen-bond acceptors (Lipinski definition) is 4. The molecular formula is C14H21N3O3S. The van der Waals surface area contributed by atoms with Crippen LogP contribution >= 0.6 is 0 Å². The average molecular weight is 311 g/mol. The lowest BCUT2D eigenvalue weighted by atomic mass is 10.1. The third-order valence-electron chi connectivity index (χ3n) is 3.70. The number of carbonyl (C=O) groups is 1. The highest BCUT2D eigenvalue weighted by Crippen LogP contribution is 2.31. The Morgan fingerprint density at radius 1 is 1.43 bits per heavy atom. The van der Waals surface area contributed by atoms with Crippen LogP contribution < -0.4 is 15.4 Å². The summed E-state index contributed by atoms with van der Waals surface area (Å²) in [5, 5.41) is 0. The van der Waals surface area contributed by atoms with Crippen molar-refractivity contribution in [1.82, 2.24) is 4.72 Å². The van der Waals surface area contributed by atoms with Gasteiger partial charge in [-0.15, -0.1) is 0 Å². The zero-order valence-electron chi connectivity index (χ0n) is 12.1. The van der Waals surface area contributed by atoms with Crippen molar-refractivity contribution < 1.29 is 13.2 Å². The van der Waals surface area contributed by atoms with E-state index in [2.05, 4.69) is 4.72 Å². The predicted octanol–water partition coefficient (Wildman–Crippen LogP) is 0.232. The number of amides is 1. The van der Waals surface area contributed by atoms with E-state index in [0.717, 1.165) is 11.3 Å². The van der Waals surface area contributed by atoms with Gasteiger partial charge in [-0.25, -0.2) is 13.1 Å². The molecule has 1 amide bonds. The Balaban J connectivity index is 1.98. The van der Waals surface area contributed by atoms with E-state index in [0.29, 0.717) is 25.9 Å². The fourth-order valence-corrected chi connectivity index (χ4v) is 3.22. The molecular weight excluding hydrogens is 290 g/mol. The van der Waals surface area contributed by atoms with Crippen LogP contribution in [0.2, 0.25) is 0 Å². The van der Waals surface area contributed by atoms with Crippen LogP contribution in [-0.2, 0) is 21.2 Å². The summed E-state index contributed by atoms with van der Waals surface area (Å²) >= 11 is 0. The Kier molecular flexibility index (Phi) is 4.84. The van der Waals surface area contributed by atoms with Gasteiger partial charge < -0.3 is 10.6 Å².